The molecule has 3 heteroatoms. The molecule has 2 aromatic rings. The number of hydrogen-bond donors (Lipinski definition) is 1. The summed E-state index contributed by atoms with van der Waals surface area (Å²) in [5, 5.41) is 3.48. The van der Waals surface area contributed by atoms with Crippen molar-refractivity contribution < 1.29 is 6.22 Å². The van der Waals surface area contributed by atoms with E-state index in [2.05, 4.69) is 47.6 Å². The molecule has 3 rings (SSSR count). The fraction of sp³-hybridized carbons (Fsp3) is 0.400. The Morgan fingerprint density at radius 3 is 2.74 bits per heavy atom. The number of ketones is 1. The number of nitrogens with zero attached hydrogens (tertiary/aromatic N) is 1. The number of Topliss-reactive ketones (excluding diaryl/α,β-unsaturated/α-hetero) is 1. The number of nitrogens with one attached hydrogen (secondary N) is 1. The molecule has 0 radical (unpaired) electrons. The lowest BCUT2D eigenvalue weighted by molar-refractivity contribution is 0.0935. The normalized spacial score (nSPS) is 14.1. The van der Waals surface area contributed by atoms with Crippen LogP contribution in [0.3, 0.4) is 0 Å². The van der Waals surface area contributed by atoms with Gasteiger partial charge in [0.2, 0.25) is 0 Å². The van der Waals surface area contributed by atoms with Crippen molar-refractivity contribution in [3.05, 3.63) is 47.8 Å². The molecule has 0 atom stereocenters. The Balaban J connectivity index is 0.00000208. The van der Waals surface area contributed by atoms with Gasteiger partial charge < -0.3 is 5.32 Å². The standard InChI is InChI=1S/C20H24N2O.H2/c1-4-14-6-5-7-15(10-14)16-11-18(22-17-8-9-17)19(21-12-16)20(23)13(2)3;/h5-7,10-13,17,22H,4,8-9H2,1-3H3;1H. The summed E-state index contributed by atoms with van der Waals surface area (Å²) in [4.78, 5) is 16.9. The summed E-state index contributed by atoms with van der Waals surface area (Å²) in [6, 6.07) is 11.1. The van der Waals surface area contributed by atoms with Gasteiger partial charge in [-0.25, -0.2) is 0 Å². The third-order valence-corrected chi connectivity index (χ3v) is 4.25. The summed E-state index contributed by atoms with van der Waals surface area (Å²) in [6.45, 7) is 5.99. The van der Waals surface area contributed by atoms with Gasteiger partial charge in [-0.1, -0.05) is 45.0 Å². The second-order valence-electron chi connectivity index (χ2n) is 6.61. The molecule has 23 heavy (non-hydrogen) atoms. The number of rotatable bonds is 6. The van der Waals surface area contributed by atoms with Crippen molar-refractivity contribution in [2.75, 3.05) is 5.32 Å². The first-order valence-corrected chi connectivity index (χ1v) is 8.48. The van der Waals surface area contributed by atoms with Gasteiger partial charge in [-0.15, -0.1) is 0 Å². The maximum atomic E-state index is 12.4. The summed E-state index contributed by atoms with van der Waals surface area (Å²) in [5.74, 6) is 0.0542. The molecule has 1 saturated carbocycles. The number of aryl methyl sites for hydroxylation is 1. The van der Waals surface area contributed by atoms with Crippen LogP contribution >= 0.6 is 0 Å². The number of pyridine rings is 1. The first-order chi connectivity index (χ1) is 11.1. The molecule has 1 aliphatic rings. The molecule has 0 unspecified atom stereocenters. The Hall–Kier alpha value is -2.16. The zero-order chi connectivity index (χ0) is 16.4. The van der Waals surface area contributed by atoms with E-state index < -0.39 is 0 Å². The Kier molecular flexibility index (Phi) is 4.46. The average Bonchev–Trinajstić information content (AvgIpc) is 3.38. The zero-order valence-corrected chi connectivity index (χ0v) is 14.1. The van der Waals surface area contributed by atoms with Crippen LogP contribution in [0, 0.1) is 5.92 Å². The van der Waals surface area contributed by atoms with E-state index >= 15 is 0 Å². The molecule has 1 aromatic heterocycles. The van der Waals surface area contributed by atoms with E-state index in [1.54, 1.807) is 0 Å². The largest absolute Gasteiger partial charge is 0.380 e. The molecule has 1 aromatic carbocycles. The third-order valence-electron chi connectivity index (χ3n) is 4.25. The minimum absolute atomic E-state index is 0. The zero-order valence-electron chi connectivity index (χ0n) is 14.1. The van der Waals surface area contributed by atoms with Crippen LogP contribution < -0.4 is 5.32 Å². The van der Waals surface area contributed by atoms with Gasteiger partial charge in [0.25, 0.3) is 0 Å². The van der Waals surface area contributed by atoms with Gasteiger partial charge in [-0.05, 0) is 36.5 Å². The van der Waals surface area contributed by atoms with Crippen molar-refractivity contribution >= 4 is 11.5 Å². The molecular weight excluding hydrogens is 284 g/mol. The summed E-state index contributed by atoms with van der Waals surface area (Å²) >= 11 is 0. The van der Waals surface area contributed by atoms with Gasteiger partial charge in [0.1, 0.15) is 5.69 Å². The molecule has 1 aliphatic carbocycles. The van der Waals surface area contributed by atoms with E-state index in [0.717, 1.165) is 23.2 Å². The van der Waals surface area contributed by atoms with Crippen molar-refractivity contribution in [1.82, 2.24) is 4.98 Å². The molecule has 1 heterocycles. The first-order valence-electron chi connectivity index (χ1n) is 8.48. The van der Waals surface area contributed by atoms with Gasteiger partial charge in [0.05, 0.1) is 5.69 Å². The van der Waals surface area contributed by atoms with Crippen molar-refractivity contribution in [1.29, 1.82) is 0 Å². The molecule has 0 amide bonds. The highest BCUT2D eigenvalue weighted by atomic mass is 16.1. The highest BCUT2D eigenvalue weighted by Gasteiger charge is 2.25. The van der Waals surface area contributed by atoms with E-state index in [4.69, 9.17) is 0 Å². The third kappa shape index (κ3) is 3.61. The second kappa shape index (κ2) is 6.53. The summed E-state index contributed by atoms with van der Waals surface area (Å²) in [5.41, 5.74) is 4.97. The van der Waals surface area contributed by atoms with Gasteiger partial charge in [-0.2, -0.15) is 0 Å². The van der Waals surface area contributed by atoms with Gasteiger partial charge in [0, 0.05) is 25.1 Å². The van der Waals surface area contributed by atoms with Crippen molar-refractivity contribution in [2.24, 2.45) is 5.92 Å². The van der Waals surface area contributed by atoms with E-state index in [1.807, 2.05) is 20.0 Å². The van der Waals surface area contributed by atoms with Gasteiger partial charge in [-0.3, -0.25) is 9.78 Å². The molecule has 0 spiro atoms. The number of hydrogen-bond acceptors (Lipinski definition) is 3. The lowest BCUT2D eigenvalue weighted by Crippen LogP contribution is -2.14. The number of benzene rings is 1. The quantitative estimate of drug-likeness (QED) is 0.766. The molecule has 0 saturated heterocycles. The monoisotopic (exact) mass is 310 g/mol. The molecule has 3 nitrogen and oxygen atoms in total. The minimum Gasteiger partial charge on any atom is -0.380 e. The predicted molar refractivity (Wildman–Crippen MR) is 97.0 cm³/mol. The van der Waals surface area contributed by atoms with E-state index in [0.29, 0.717) is 11.7 Å². The number of anilines is 1. The average molecular weight is 310 g/mol. The van der Waals surface area contributed by atoms with Gasteiger partial charge in [0.15, 0.2) is 5.78 Å². The number of aromatic nitrogens is 1. The van der Waals surface area contributed by atoms with Crippen molar-refractivity contribution in [3.8, 4) is 11.1 Å². The molecule has 0 bridgehead atoms. The van der Waals surface area contributed by atoms with E-state index in [1.165, 1.54) is 18.4 Å². The predicted octanol–water partition coefficient (Wildman–Crippen LogP) is 4.97. The highest BCUT2D eigenvalue weighted by Crippen LogP contribution is 2.30. The van der Waals surface area contributed by atoms with Crippen LogP contribution in [0.5, 0.6) is 0 Å². The Morgan fingerprint density at radius 2 is 2.09 bits per heavy atom. The van der Waals surface area contributed by atoms with Crippen LogP contribution in [0.25, 0.3) is 11.1 Å². The smallest absolute Gasteiger partial charge is 0.185 e. The topological polar surface area (TPSA) is 42.0 Å². The Labute approximate surface area is 139 Å². The van der Waals surface area contributed by atoms with Crippen LogP contribution in [-0.4, -0.2) is 16.8 Å². The number of carbonyl (C=O) groups excluding carboxylic acids is 1. The van der Waals surface area contributed by atoms with E-state index in [9.17, 15) is 4.79 Å². The second-order valence-corrected chi connectivity index (χ2v) is 6.61. The maximum Gasteiger partial charge on any atom is 0.185 e. The molecule has 1 fully saturated rings. The van der Waals surface area contributed by atoms with Gasteiger partial charge >= 0.3 is 0 Å². The molecule has 0 aliphatic heterocycles. The molecule has 122 valence electrons. The maximum absolute atomic E-state index is 12.4. The van der Waals surface area contributed by atoms with Crippen molar-refractivity contribution in [2.45, 2.75) is 46.1 Å². The summed E-state index contributed by atoms with van der Waals surface area (Å²) < 4.78 is 0. The number of carbonyl (C=O) groups is 1. The fourth-order valence-electron chi connectivity index (χ4n) is 2.62. The lowest BCUT2D eigenvalue weighted by atomic mass is 10.00. The Bertz CT molecular complexity index is 723. The van der Waals surface area contributed by atoms with Crippen molar-refractivity contribution in [3.63, 3.8) is 0 Å². The van der Waals surface area contributed by atoms with Crippen LogP contribution in [0.15, 0.2) is 36.5 Å². The highest BCUT2D eigenvalue weighted by molar-refractivity contribution is 6.01. The van der Waals surface area contributed by atoms with E-state index in [-0.39, 0.29) is 13.1 Å². The molecular formula is C20H26N2O. The summed E-state index contributed by atoms with van der Waals surface area (Å²) in [7, 11) is 0. The fourth-order valence-corrected chi connectivity index (χ4v) is 2.62. The lowest BCUT2D eigenvalue weighted by Gasteiger charge is -2.14. The molecule has 1 N–H and O–H groups in total. The Morgan fingerprint density at radius 1 is 1.30 bits per heavy atom. The van der Waals surface area contributed by atoms with Crippen LogP contribution in [0.2, 0.25) is 0 Å². The summed E-state index contributed by atoms with van der Waals surface area (Å²) in [6.07, 6.45) is 5.18. The van der Waals surface area contributed by atoms with Crippen LogP contribution in [-0.2, 0) is 6.42 Å². The SMILES string of the molecule is CCc1cccc(-c2cnc(C(=O)C(C)C)c(NC3CC3)c2)c1.[HH]. The van der Waals surface area contributed by atoms with Crippen LogP contribution in [0.1, 0.15) is 51.1 Å². The first kappa shape index (κ1) is 15.7. The van der Waals surface area contributed by atoms with Crippen LogP contribution in [0.4, 0.5) is 5.69 Å². The minimum atomic E-state index is -0.0449.